The summed E-state index contributed by atoms with van der Waals surface area (Å²) in [4.78, 5) is 17.2. The number of hydrogen-bond donors (Lipinski definition) is 1. The molecule has 5 nitrogen and oxygen atoms in total. The summed E-state index contributed by atoms with van der Waals surface area (Å²) >= 11 is 3.12. The van der Waals surface area contributed by atoms with Crippen molar-refractivity contribution in [2.75, 3.05) is 12.0 Å². The summed E-state index contributed by atoms with van der Waals surface area (Å²) in [6, 6.07) is 6.36. The second-order valence-electron chi connectivity index (χ2n) is 5.98. The third-order valence-corrected chi connectivity index (χ3v) is 5.67. The molecule has 3 rings (SSSR count). The first-order valence-electron chi connectivity index (χ1n) is 7.95. The van der Waals surface area contributed by atoms with E-state index in [1.165, 1.54) is 33.2 Å². The van der Waals surface area contributed by atoms with Crippen LogP contribution in [0.25, 0.3) is 10.9 Å². The molecule has 1 N–H and O–H groups in total. The number of nitrogens with one attached hydrogen (secondary N) is 1. The van der Waals surface area contributed by atoms with Gasteiger partial charge in [-0.2, -0.15) is 5.10 Å². The van der Waals surface area contributed by atoms with Crippen LogP contribution in [0.4, 0.5) is 0 Å². The first kappa shape index (κ1) is 17.9. The number of aromatic nitrogens is 1. The maximum Gasteiger partial charge on any atom is 0.236 e. The van der Waals surface area contributed by atoms with Gasteiger partial charge < -0.3 is 5.32 Å². The van der Waals surface area contributed by atoms with Crippen molar-refractivity contribution in [2.24, 2.45) is 10.2 Å². The molecular formula is C18H20N4OS2. The number of fused-ring (bicyclic) bond motifs is 1. The minimum absolute atomic E-state index is 0.0220. The van der Waals surface area contributed by atoms with Gasteiger partial charge in [-0.05, 0) is 44.7 Å². The molecule has 0 aliphatic carbocycles. The molecule has 0 spiro atoms. The maximum absolute atomic E-state index is 11.2. The van der Waals surface area contributed by atoms with E-state index in [0.717, 1.165) is 16.9 Å². The van der Waals surface area contributed by atoms with E-state index in [1.54, 1.807) is 11.8 Å². The predicted octanol–water partition coefficient (Wildman–Crippen LogP) is 3.71. The lowest BCUT2D eigenvalue weighted by Gasteiger charge is -2.14. The average Bonchev–Trinajstić information content (AvgIpc) is 2.99. The zero-order valence-corrected chi connectivity index (χ0v) is 16.3. The number of aryl methyl sites for hydroxylation is 2. The predicted molar refractivity (Wildman–Crippen MR) is 108 cm³/mol. The second-order valence-corrected chi connectivity index (χ2v) is 7.76. The number of benzene rings is 1. The molecule has 1 aromatic heterocycles. The van der Waals surface area contributed by atoms with Crippen LogP contribution >= 0.6 is 23.5 Å². The highest BCUT2D eigenvalue weighted by Crippen LogP contribution is 2.32. The summed E-state index contributed by atoms with van der Waals surface area (Å²) in [7, 11) is 0. The van der Waals surface area contributed by atoms with E-state index in [-0.39, 0.29) is 5.91 Å². The Kier molecular flexibility index (Phi) is 5.44. The SMILES string of the molecule is CSc1c(CC(C)=NN=C2NC(=O)CS2)c(C)nc2ccc(C)cc12. The Balaban J connectivity index is 1.95. The van der Waals surface area contributed by atoms with Gasteiger partial charge in [-0.25, -0.2) is 0 Å². The number of carbonyl (C=O) groups excluding carboxylic acids is 1. The van der Waals surface area contributed by atoms with Crippen LogP contribution in [-0.4, -0.2) is 33.8 Å². The van der Waals surface area contributed by atoms with Crippen molar-refractivity contribution < 1.29 is 4.79 Å². The van der Waals surface area contributed by atoms with Crippen molar-refractivity contribution in [1.82, 2.24) is 10.3 Å². The number of thioether (sulfide) groups is 2. The summed E-state index contributed by atoms with van der Waals surface area (Å²) in [5.74, 6) is 0.392. The van der Waals surface area contributed by atoms with Crippen LogP contribution < -0.4 is 5.32 Å². The monoisotopic (exact) mass is 372 g/mol. The molecule has 2 heterocycles. The van der Waals surface area contributed by atoms with Crippen molar-refractivity contribution in [1.29, 1.82) is 0 Å². The molecule has 7 heteroatoms. The van der Waals surface area contributed by atoms with E-state index >= 15 is 0 Å². The van der Waals surface area contributed by atoms with Gasteiger partial charge in [-0.1, -0.05) is 23.4 Å². The Hall–Kier alpha value is -1.86. The smallest absolute Gasteiger partial charge is 0.236 e. The Bertz CT molecular complexity index is 906. The number of carbonyl (C=O) groups is 1. The standard InChI is InChI=1S/C18H20N4OS2/c1-10-5-6-15-14(7-10)17(24-4)13(12(3)19-15)8-11(2)21-22-18-20-16(23)9-25-18/h5-7H,8-9H2,1-4H3,(H,20,22,23). The van der Waals surface area contributed by atoms with Crippen molar-refractivity contribution in [3.8, 4) is 0 Å². The summed E-state index contributed by atoms with van der Waals surface area (Å²) in [5, 5.41) is 12.9. The second kappa shape index (κ2) is 7.58. The molecule has 2 aromatic rings. The minimum Gasteiger partial charge on any atom is -0.303 e. The molecule has 25 heavy (non-hydrogen) atoms. The molecule has 1 aromatic carbocycles. The molecule has 0 saturated carbocycles. The highest BCUT2D eigenvalue weighted by Gasteiger charge is 2.17. The van der Waals surface area contributed by atoms with E-state index in [4.69, 9.17) is 4.98 Å². The quantitative estimate of drug-likeness (QED) is 0.505. The number of amides is 1. The molecule has 0 atom stereocenters. The van der Waals surface area contributed by atoms with E-state index in [2.05, 4.69) is 46.9 Å². The van der Waals surface area contributed by atoms with Gasteiger partial charge in [0.25, 0.3) is 0 Å². The fraction of sp³-hybridized carbons (Fsp3) is 0.333. The lowest BCUT2D eigenvalue weighted by molar-refractivity contribution is -0.116. The summed E-state index contributed by atoms with van der Waals surface area (Å²) in [6.07, 6.45) is 2.78. The number of rotatable bonds is 4. The average molecular weight is 373 g/mol. The van der Waals surface area contributed by atoms with Crippen molar-refractivity contribution in [3.05, 3.63) is 35.0 Å². The fourth-order valence-corrected chi connectivity index (χ4v) is 4.22. The maximum atomic E-state index is 11.2. The van der Waals surface area contributed by atoms with Gasteiger partial charge in [-0.3, -0.25) is 9.78 Å². The Morgan fingerprint density at radius 1 is 1.40 bits per heavy atom. The van der Waals surface area contributed by atoms with Gasteiger partial charge in [0, 0.05) is 28.1 Å². The molecule has 1 aliphatic heterocycles. The van der Waals surface area contributed by atoms with Crippen molar-refractivity contribution in [3.63, 3.8) is 0 Å². The number of pyridine rings is 1. The van der Waals surface area contributed by atoms with Gasteiger partial charge in [0.1, 0.15) is 0 Å². The zero-order chi connectivity index (χ0) is 18.0. The topological polar surface area (TPSA) is 66.7 Å². The molecular weight excluding hydrogens is 352 g/mol. The molecule has 1 saturated heterocycles. The fourth-order valence-electron chi connectivity index (χ4n) is 2.75. The summed E-state index contributed by atoms with van der Waals surface area (Å²) in [6.45, 7) is 6.09. The number of amidine groups is 1. The van der Waals surface area contributed by atoms with E-state index in [9.17, 15) is 4.79 Å². The highest BCUT2D eigenvalue weighted by atomic mass is 32.2. The van der Waals surface area contributed by atoms with E-state index in [1.807, 2.05) is 13.8 Å². The Morgan fingerprint density at radius 2 is 2.20 bits per heavy atom. The Labute approximate surface area is 155 Å². The first-order valence-corrected chi connectivity index (χ1v) is 10.2. The van der Waals surface area contributed by atoms with Gasteiger partial charge in [-0.15, -0.1) is 16.9 Å². The molecule has 1 amide bonds. The normalized spacial score (nSPS) is 16.7. The molecule has 130 valence electrons. The van der Waals surface area contributed by atoms with Crippen LogP contribution in [0, 0.1) is 13.8 Å². The first-order chi connectivity index (χ1) is 12.0. The van der Waals surface area contributed by atoms with Gasteiger partial charge in [0.15, 0.2) is 5.17 Å². The molecule has 1 fully saturated rings. The van der Waals surface area contributed by atoms with Crippen LogP contribution in [-0.2, 0) is 11.2 Å². The largest absolute Gasteiger partial charge is 0.303 e. The van der Waals surface area contributed by atoms with E-state index < -0.39 is 0 Å². The minimum atomic E-state index is -0.0220. The van der Waals surface area contributed by atoms with E-state index in [0.29, 0.717) is 17.3 Å². The number of nitrogens with zero attached hydrogens (tertiary/aromatic N) is 3. The summed E-state index contributed by atoms with van der Waals surface area (Å²) < 4.78 is 0. The third kappa shape index (κ3) is 4.04. The van der Waals surface area contributed by atoms with Crippen LogP contribution in [0.1, 0.15) is 23.7 Å². The van der Waals surface area contributed by atoms with Crippen molar-refractivity contribution >= 4 is 51.2 Å². The third-order valence-electron chi connectivity index (χ3n) is 3.93. The number of hydrogen-bond acceptors (Lipinski definition) is 6. The van der Waals surface area contributed by atoms with Gasteiger partial charge in [0.05, 0.1) is 11.3 Å². The Morgan fingerprint density at radius 3 is 2.88 bits per heavy atom. The van der Waals surface area contributed by atoms with Gasteiger partial charge in [0.2, 0.25) is 5.91 Å². The highest BCUT2D eigenvalue weighted by molar-refractivity contribution is 8.15. The summed E-state index contributed by atoms with van der Waals surface area (Å²) in [5.41, 5.74) is 5.35. The molecule has 0 radical (unpaired) electrons. The van der Waals surface area contributed by atoms with Crippen LogP contribution in [0.3, 0.4) is 0 Å². The lowest BCUT2D eigenvalue weighted by atomic mass is 10.0. The lowest BCUT2D eigenvalue weighted by Crippen LogP contribution is -2.19. The molecule has 0 bridgehead atoms. The van der Waals surface area contributed by atoms with Crippen molar-refractivity contribution in [2.45, 2.75) is 32.1 Å². The zero-order valence-electron chi connectivity index (χ0n) is 14.7. The molecule has 1 aliphatic rings. The van der Waals surface area contributed by atoms with Crippen LogP contribution in [0.15, 0.2) is 33.3 Å². The molecule has 0 unspecified atom stereocenters. The van der Waals surface area contributed by atoms with Gasteiger partial charge >= 0.3 is 0 Å². The van der Waals surface area contributed by atoms with Crippen LogP contribution in [0.5, 0.6) is 0 Å². The van der Waals surface area contributed by atoms with Crippen LogP contribution in [0.2, 0.25) is 0 Å².